The fraction of sp³-hybridized carbons (Fsp3) is 0.900. The molecule has 0 aliphatic rings. The lowest BCUT2D eigenvalue weighted by atomic mass is 10.0. The van der Waals surface area contributed by atoms with E-state index in [1.54, 1.807) is 0 Å². The zero-order valence-corrected chi connectivity index (χ0v) is 44.4. The Hall–Kier alpha value is -1.66. The molecular formula is C60H115NO5. The average Bonchev–Trinajstić information content (AvgIpc) is 3.32. The highest BCUT2D eigenvalue weighted by Gasteiger charge is 2.20. The number of unbranched alkanes of at least 4 members (excludes halogenated alkanes) is 40. The number of aliphatic hydroxyl groups excluding tert-OH is 2. The Morgan fingerprint density at radius 3 is 1.08 bits per heavy atom. The molecular weight excluding hydrogens is 815 g/mol. The van der Waals surface area contributed by atoms with E-state index < -0.39 is 12.1 Å². The molecule has 0 heterocycles. The summed E-state index contributed by atoms with van der Waals surface area (Å²) in [5.74, 6) is -0.0441. The van der Waals surface area contributed by atoms with Crippen molar-refractivity contribution in [3.63, 3.8) is 0 Å². The van der Waals surface area contributed by atoms with Crippen LogP contribution in [0.2, 0.25) is 0 Å². The second-order valence-corrected chi connectivity index (χ2v) is 20.3. The molecule has 6 nitrogen and oxygen atoms in total. The van der Waals surface area contributed by atoms with Gasteiger partial charge in [-0.15, -0.1) is 0 Å². The number of hydrogen-bond donors (Lipinski definition) is 3. The maximum Gasteiger partial charge on any atom is 0.305 e. The largest absolute Gasteiger partial charge is 0.466 e. The van der Waals surface area contributed by atoms with Crippen LogP contribution < -0.4 is 5.32 Å². The molecule has 6 heteroatoms. The molecule has 0 aromatic heterocycles. The summed E-state index contributed by atoms with van der Waals surface area (Å²) in [5, 5.41) is 23.2. The second kappa shape index (κ2) is 55.9. The molecule has 0 radical (unpaired) electrons. The first-order chi connectivity index (χ1) is 32.5. The summed E-state index contributed by atoms with van der Waals surface area (Å²) < 4.78 is 5.48. The van der Waals surface area contributed by atoms with Crippen molar-refractivity contribution in [2.75, 3.05) is 13.2 Å². The van der Waals surface area contributed by atoms with Crippen molar-refractivity contribution in [2.24, 2.45) is 0 Å². The monoisotopic (exact) mass is 930 g/mol. The molecule has 0 aromatic carbocycles. The number of nitrogens with one attached hydrogen (secondary N) is 1. The summed E-state index contributed by atoms with van der Waals surface area (Å²) in [6, 6.07) is -0.547. The summed E-state index contributed by atoms with van der Waals surface area (Å²) >= 11 is 0. The third kappa shape index (κ3) is 51.7. The fourth-order valence-electron chi connectivity index (χ4n) is 9.16. The quantitative estimate of drug-likeness (QED) is 0.0321. The van der Waals surface area contributed by atoms with E-state index in [2.05, 4.69) is 43.5 Å². The number of rotatable bonds is 55. The Morgan fingerprint density at radius 1 is 0.409 bits per heavy atom. The molecule has 0 aliphatic carbocycles. The maximum absolute atomic E-state index is 12.5. The van der Waals surface area contributed by atoms with Crippen molar-refractivity contribution in [1.29, 1.82) is 0 Å². The molecule has 2 atom stereocenters. The zero-order valence-electron chi connectivity index (χ0n) is 44.4. The molecule has 2 unspecified atom stereocenters. The number of esters is 1. The first-order valence-electron chi connectivity index (χ1n) is 29.6. The molecule has 66 heavy (non-hydrogen) atoms. The molecule has 0 rings (SSSR count). The van der Waals surface area contributed by atoms with Gasteiger partial charge in [0.05, 0.1) is 25.4 Å². The van der Waals surface area contributed by atoms with Gasteiger partial charge < -0.3 is 20.3 Å². The number of amides is 1. The van der Waals surface area contributed by atoms with E-state index in [9.17, 15) is 19.8 Å². The Balaban J connectivity index is 3.42. The minimum Gasteiger partial charge on any atom is -0.466 e. The van der Waals surface area contributed by atoms with Crippen LogP contribution in [-0.2, 0) is 14.3 Å². The number of allylic oxidation sites excluding steroid dienone is 4. The van der Waals surface area contributed by atoms with Crippen molar-refractivity contribution in [1.82, 2.24) is 5.32 Å². The van der Waals surface area contributed by atoms with Crippen LogP contribution in [0.3, 0.4) is 0 Å². The van der Waals surface area contributed by atoms with Gasteiger partial charge in [0.25, 0.3) is 0 Å². The molecule has 390 valence electrons. The van der Waals surface area contributed by atoms with E-state index in [0.717, 1.165) is 44.9 Å². The standard InChI is InChI=1S/C60H115NO5/c1-3-5-7-9-11-13-15-17-18-26-30-34-38-42-46-50-54-60(65)66-55-51-47-43-39-35-31-27-24-22-20-19-21-23-25-29-33-37-41-45-49-53-59(64)61-57(56-62)58(63)52-48-44-40-36-32-28-16-14-12-10-8-6-4-2/h18-19,21,26,57-58,62-63H,3-17,20,22-25,27-56H2,1-2H3,(H,61,64)/b21-19-,26-18-. The first kappa shape index (κ1) is 64.3. The highest BCUT2D eigenvalue weighted by atomic mass is 16.5. The summed E-state index contributed by atoms with van der Waals surface area (Å²) in [5.41, 5.74) is 0. The molecule has 1 amide bonds. The first-order valence-corrected chi connectivity index (χ1v) is 29.6. The molecule has 3 N–H and O–H groups in total. The lowest BCUT2D eigenvalue weighted by Gasteiger charge is -2.22. The van der Waals surface area contributed by atoms with Crippen LogP contribution in [0.4, 0.5) is 0 Å². The second-order valence-electron chi connectivity index (χ2n) is 20.3. The van der Waals surface area contributed by atoms with Crippen LogP contribution in [-0.4, -0.2) is 47.4 Å². The van der Waals surface area contributed by atoms with Crippen LogP contribution in [0.5, 0.6) is 0 Å². The molecule has 0 bridgehead atoms. The van der Waals surface area contributed by atoms with Crippen LogP contribution >= 0.6 is 0 Å². The lowest BCUT2D eigenvalue weighted by molar-refractivity contribution is -0.143. The van der Waals surface area contributed by atoms with Gasteiger partial charge in [-0.2, -0.15) is 0 Å². The number of carbonyl (C=O) groups excluding carboxylic acids is 2. The van der Waals surface area contributed by atoms with Crippen molar-refractivity contribution >= 4 is 11.9 Å². The van der Waals surface area contributed by atoms with Gasteiger partial charge in [0.2, 0.25) is 5.91 Å². The third-order valence-corrected chi connectivity index (χ3v) is 13.7. The smallest absolute Gasteiger partial charge is 0.305 e. The van der Waals surface area contributed by atoms with Crippen molar-refractivity contribution in [2.45, 2.75) is 334 Å². The van der Waals surface area contributed by atoms with Crippen LogP contribution in [0, 0.1) is 0 Å². The average molecular weight is 931 g/mol. The Morgan fingerprint density at radius 2 is 0.712 bits per heavy atom. The van der Waals surface area contributed by atoms with Crippen molar-refractivity contribution < 1.29 is 24.5 Å². The minimum absolute atomic E-state index is 0.000953. The van der Waals surface area contributed by atoms with Gasteiger partial charge in [0, 0.05) is 12.8 Å². The Kier molecular flexibility index (Phi) is 54.5. The van der Waals surface area contributed by atoms with Gasteiger partial charge in [0.1, 0.15) is 0 Å². The SMILES string of the molecule is CCCCCCCCC/C=C\CCCCCCCC(=O)OCCCCCCCCCCC/C=C\CCCCCCCCCC(=O)NC(CO)C(O)CCCCCCCCCCCCCCC. The summed E-state index contributed by atoms with van der Waals surface area (Å²) in [4.78, 5) is 24.5. The summed E-state index contributed by atoms with van der Waals surface area (Å²) in [6.07, 6.45) is 67.4. The van der Waals surface area contributed by atoms with Crippen LogP contribution in [0.15, 0.2) is 24.3 Å². The van der Waals surface area contributed by atoms with Gasteiger partial charge in [-0.25, -0.2) is 0 Å². The fourth-order valence-corrected chi connectivity index (χ4v) is 9.16. The van der Waals surface area contributed by atoms with Crippen molar-refractivity contribution in [3.05, 3.63) is 24.3 Å². The Labute approximate surface area is 411 Å². The van der Waals surface area contributed by atoms with Crippen molar-refractivity contribution in [3.8, 4) is 0 Å². The summed E-state index contributed by atoms with van der Waals surface area (Å²) in [7, 11) is 0. The van der Waals surface area contributed by atoms with Crippen LogP contribution in [0.25, 0.3) is 0 Å². The van der Waals surface area contributed by atoms with Crippen LogP contribution in [0.1, 0.15) is 322 Å². The highest BCUT2D eigenvalue weighted by Crippen LogP contribution is 2.17. The number of ether oxygens (including phenoxy) is 1. The van der Waals surface area contributed by atoms with E-state index in [1.807, 2.05) is 0 Å². The predicted molar refractivity (Wildman–Crippen MR) is 287 cm³/mol. The predicted octanol–water partition coefficient (Wildman–Crippen LogP) is 18.2. The van der Waals surface area contributed by atoms with Gasteiger partial charge in [0.15, 0.2) is 0 Å². The third-order valence-electron chi connectivity index (χ3n) is 13.7. The van der Waals surface area contributed by atoms with Gasteiger partial charge in [-0.05, 0) is 77.0 Å². The zero-order chi connectivity index (χ0) is 47.9. The summed E-state index contributed by atoms with van der Waals surface area (Å²) in [6.45, 7) is 4.94. The van der Waals surface area contributed by atoms with E-state index in [1.165, 1.54) is 244 Å². The van der Waals surface area contributed by atoms with E-state index in [4.69, 9.17) is 4.74 Å². The van der Waals surface area contributed by atoms with Gasteiger partial charge in [-0.1, -0.05) is 256 Å². The molecule has 0 fully saturated rings. The molecule has 0 aromatic rings. The maximum atomic E-state index is 12.5. The molecule has 0 saturated carbocycles. The molecule has 0 saturated heterocycles. The topological polar surface area (TPSA) is 95.9 Å². The molecule has 0 spiro atoms. The van der Waals surface area contributed by atoms with E-state index in [-0.39, 0.29) is 18.5 Å². The van der Waals surface area contributed by atoms with E-state index in [0.29, 0.717) is 25.9 Å². The number of hydrogen-bond acceptors (Lipinski definition) is 5. The van der Waals surface area contributed by atoms with Gasteiger partial charge >= 0.3 is 5.97 Å². The number of carbonyl (C=O) groups is 2. The van der Waals surface area contributed by atoms with E-state index >= 15 is 0 Å². The highest BCUT2D eigenvalue weighted by molar-refractivity contribution is 5.76. The lowest BCUT2D eigenvalue weighted by Crippen LogP contribution is -2.45. The number of aliphatic hydroxyl groups is 2. The van der Waals surface area contributed by atoms with Gasteiger partial charge in [-0.3, -0.25) is 9.59 Å². The molecule has 0 aliphatic heterocycles. The minimum atomic E-state index is -0.669. The normalized spacial score (nSPS) is 12.7. The Bertz CT molecular complexity index is 1030.